The van der Waals surface area contributed by atoms with Crippen molar-refractivity contribution < 1.29 is 9.90 Å². The summed E-state index contributed by atoms with van der Waals surface area (Å²) < 4.78 is 1.89. The zero-order valence-electron chi connectivity index (χ0n) is 17.7. The molecule has 1 saturated heterocycles. The lowest BCUT2D eigenvalue weighted by Crippen LogP contribution is -2.41. The first-order valence-electron chi connectivity index (χ1n) is 10.6. The number of hydrogen-bond donors (Lipinski definition) is 2. The average Bonchev–Trinajstić information content (AvgIpc) is 3.42. The van der Waals surface area contributed by atoms with E-state index < -0.39 is 0 Å². The molecule has 2 atom stereocenters. The maximum Gasteiger partial charge on any atom is 0.318 e. The number of halogens is 2. The molecule has 0 spiro atoms. The summed E-state index contributed by atoms with van der Waals surface area (Å²) in [5.74, 6) is 1.15. The van der Waals surface area contributed by atoms with Gasteiger partial charge in [-0.3, -0.25) is 0 Å². The molecule has 0 saturated carbocycles. The van der Waals surface area contributed by atoms with Crippen molar-refractivity contribution >= 4 is 29.2 Å². The van der Waals surface area contributed by atoms with Crippen molar-refractivity contribution in [3.63, 3.8) is 0 Å². The molecule has 0 radical (unpaired) electrons. The number of carbonyl (C=O) groups is 1. The SMILES string of the molecule is C[C@@H](NC(=O)N1CCC[C@@H]1c1nnc(CO)n1Cc1ccc(Cl)cc1)c1ccc(Cl)cc1. The minimum Gasteiger partial charge on any atom is -0.388 e. The molecule has 1 aromatic heterocycles. The number of likely N-dealkylation sites (tertiary alicyclic amines) is 1. The summed E-state index contributed by atoms with van der Waals surface area (Å²) in [7, 11) is 0. The standard InChI is InChI=1S/C23H25Cl2N5O2/c1-15(17-6-10-19(25)11-7-17)26-23(32)29-12-2-3-20(29)22-28-27-21(14-31)30(22)13-16-4-8-18(24)9-5-16/h4-11,15,20,31H,2-3,12-14H2,1H3,(H,26,32)/t15-,20-/m1/s1. The first-order chi connectivity index (χ1) is 15.5. The fourth-order valence-corrected chi connectivity index (χ4v) is 4.29. The number of nitrogens with one attached hydrogen (secondary N) is 1. The van der Waals surface area contributed by atoms with Gasteiger partial charge in [0.1, 0.15) is 6.61 Å². The van der Waals surface area contributed by atoms with E-state index in [-0.39, 0.29) is 24.7 Å². The number of carbonyl (C=O) groups excluding carboxylic acids is 1. The maximum atomic E-state index is 13.1. The Morgan fingerprint density at radius 2 is 1.78 bits per heavy atom. The van der Waals surface area contributed by atoms with Gasteiger partial charge >= 0.3 is 6.03 Å². The molecule has 0 bridgehead atoms. The molecule has 1 fully saturated rings. The van der Waals surface area contributed by atoms with Gasteiger partial charge in [0, 0.05) is 16.6 Å². The second-order valence-electron chi connectivity index (χ2n) is 7.92. The number of aliphatic hydroxyl groups is 1. The molecule has 3 aromatic rings. The zero-order valence-corrected chi connectivity index (χ0v) is 19.2. The molecule has 168 valence electrons. The number of aromatic nitrogens is 3. The summed E-state index contributed by atoms with van der Waals surface area (Å²) >= 11 is 12.0. The van der Waals surface area contributed by atoms with Gasteiger partial charge in [-0.05, 0) is 55.2 Å². The van der Waals surface area contributed by atoms with Crippen molar-refractivity contribution in [3.8, 4) is 0 Å². The summed E-state index contributed by atoms with van der Waals surface area (Å²) in [4.78, 5) is 14.9. The van der Waals surface area contributed by atoms with Crippen LogP contribution < -0.4 is 5.32 Å². The number of hydrogen-bond acceptors (Lipinski definition) is 4. The molecule has 1 aliphatic heterocycles. The summed E-state index contributed by atoms with van der Waals surface area (Å²) in [6.45, 7) is 2.83. The van der Waals surface area contributed by atoms with E-state index in [1.165, 1.54) is 0 Å². The number of benzene rings is 2. The van der Waals surface area contributed by atoms with Gasteiger partial charge in [0.25, 0.3) is 0 Å². The first-order valence-corrected chi connectivity index (χ1v) is 11.3. The summed E-state index contributed by atoms with van der Waals surface area (Å²) in [6.07, 6.45) is 1.66. The van der Waals surface area contributed by atoms with Crippen LogP contribution in [0.15, 0.2) is 48.5 Å². The lowest BCUT2D eigenvalue weighted by Gasteiger charge is -2.27. The van der Waals surface area contributed by atoms with E-state index in [9.17, 15) is 9.90 Å². The molecule has 0 aliphatic carbocycles. The average molecular weight is 474 g/mol. The lowest BCUT2D eigenvalue weighted by atomic mass is 10.1. The molecule has 2 aromatic carbocycles. The van der Waals surface area contributed by atoms with Crippen LogP contribution in [0.3, 0.4) is 0 Å². The number of aliphatic hydroxyl groups excluding tert-OH is 1. The van der Waals surface area contributed by atoms with E-state index in [0.717, 1.165) is 24.0 Å². The van der Waals surface area contributed by atoms with E-state index >= 15 is 0 Å². The van der Waals surface area contributed by atoms with Crippen molar-refractivity contribution in [2.24, 2.45) is 0 Å². The summed E-state index contributed by atoms with van der Waals surface area (Å²) in [5.41, 5.74) is 1.99. The highest BCUT2D eigenvalue weighted by Gasteiger charge is 2.34. The van der Waals surface area contributed by atoms with Crippen LogP contribution >= 0.6 is 23.2 Å². The Morgan fingerprint density at radius 3 is 2.44 bits per heavy atom. The molecular weight excluding hydrogens is 449 g/mol. The molecule has 2 amide bonds. The highest BCUT2D eigenvalue weighted by atomic mass is 35.5. The quantitative estimate of drug-likeness (QED) is 0.541. The minimum atomic E-state index is -0.229. The third kappa shape index (κ3) is 4.90. The highest BCUT2D eigenvalue weighted by molar-refractivity contribution is 6.30. The number of rotatable bonds is 6. The van der Waals surface area contributed by atoms with Crippen LogP contribution in [0.5, 0.6) is 0 Å². The predicted octanol–water partition coefficient (Wildman–Crippen LogP) is 4.73. The van der Waals surface area contributed by atoms with Crippen LogP contribution in [0, 0.1) is 0 Å². The van der Waals surface area contributed by atoms with Crippen LogP contribution in [0.2, 0.25) is 10.0 Å². The smallest absolute Gasteiger partial charge is 0.318 e. The van der Waals surface area contributed by atoms with Crippen molar-refractivity contribution in [1.29, 1.82) is 0 Å². The number of amides is 2. The summed E-state index contributed by atoms with van der Waals surface area (Å²) in [6, 6.07) is 14.4. The van der Waals surface area contributed by atoms with Crippen LogP contribution in [0.25, 0.3) is 0 Å². The first kappa shape index (κ1) is 22.6. The molecule has 2 heterocycles. The van der Waals surface area contributed by atoms with Gasteiger partial charge in [0.05, 0.1) is 18.6 Å². The van der Waals surface area contributed by atoms with Crippen LogP contribution in [0.4, 0.5) is 4.79 Å². The Morgan fingerprint density at radius 1 is 1.12 bits per heavy atom. The van der Waals surface area contributed by atoms with Crippen molar-refractivity contribution in [3.05, 3.63) is 81.4 Å². The van der Waals surface area contributed by atoms with E-state index in [0.29, 0.717) is 34.8 Å². The predicted molar refractivity (Wildman–Crippen MR) is 124 cm³/mol. The van der Waals surface area contributed by atoms with E-state index in [1.54, 1.807) is 4.90 Å². The van der Waals surface area contributed by atoms with Crippen molar-refractivity contribution in [2.45, 2.75) is 45.0 Å². The molecule has 32 heavy (non-hydrogen) atoms. The number of nitrogens with zero attached hydrogens (tertiary/aromatic N) is 4. The highest BCUT2D eigenvalue weighted by Crippen LogP contribution is 2.32. The second-order valence-corrected chi connectivity index (χ2v) is 8.79. The largest absolute Gasteiger partial charge is 0.388 e. The Balaban J connectivity index is 1.53. The summed E-state index contributed by atoms with van der Waals surface area (Å²) in [5, 5.41) is 22.7. The molecule has 2 N–H and O–H groups in total. The van der Waals surface area contributed by atoms with E-state index in [2.05, 4.69) is 15.5 Å². The normalized spacial score (nSPS) is 16.9. The van der Waals surface area contributed by atoms with Gasteiger partial charge in [-0.2, -0.15) is 0 Å². The minimum absolute atomic E-state index is 0.151. The second kappa shape index (κ2) is 9.90. The Hall–Kier alpha value is -2.61. The fourth-order valence-electron chi connectivity index (χ4n) is 4.04. The third-order valence-corrected chi connectivity index (χ3v) is 6.28. The Kier molecular flexibility index (Phi) is 6.98. The molecule has 9 heteroatoms. The van der Waals surface area contributed by atoms with Gasteiger partial charge in [-0.15, -0.1) is 10.2 Å². The Bertz CT molecular complexity index is 1070. The van der Waals surface area contributed by atoms with Gasteiger partial charge in [0.15, 0.2) is 11.6 Å². The van der Waals surface area contributed by atoms with Crippen LogP contribution in [-0.4, -0.2) is 37.3 Å². The van der Waals surface area contributed by atoms with Gasteiger partial charge < -0.3 is 19.9 Å². The van der Waals surface area contributed by atoms with Gasteiger partial charge in [0.2, 0.25) is 0 Å². The van der Waals surface area contributed by atoms with Crippen molar-refractivity contribution in [1.82, 2.24) is 25.0 Å². The molecule has 0 unspecified atom stereocenters. The Labute approximate surface area is 197 Å². The molecule has 4 rings (SSSR count). The molecule has 1 aliphatic rings. The van der Waals surface area contributed by atoms with E-state index in [1.807, 2.05) is 60.0 Å². The fraction of sp³-hybridized carbons (Fsp3) is 0.348. The lowest BCUT2D eigenvalue weighted by molar-refractivity contribution is 0.186. The molecule has 7 nitrogen and oxygen atoms in total. The maximum absolute atomic E-state index is 13.1. The number of urea groups is 1. The zero-order chi connectivity index (χ0) is 22.7. The van der Waals surface area contributed by atoms with Gasteiger partial charge in [-0.1, -0.05) is 47.5 Å². The monoisotopic (exact) mass is 473 g/mol. The third-order valence-electron chi connectivity index (χ3n) is 5.77. The van der Waals surface area contributed by atoms with E-state index in [4.69, 9.17) is 23.2 Å². The van der Waals surface area contributed by atoms with Crippen molar-refractivity contribution in [2.75, 3.05) is 6.54 Å². The van der Waals surface area contributed by atoms with Crippen LogP contribution in [0.1, 0.15) is 54.6 Å². The van der Waals surface area contributed by atoms with Gasteiger partial charge in [-0.25, -0.2) is 4.79 Å². The topological polar surface area (TPSA) is 83.3 Å². The molecular formula is C23H25Cl2N5O2. The van der Waals surface area contributed by atoms with Crippen LogP contribution in [-0.2, 0) is 13.2 Å².